The van der Waals surface area contributed by atoms with Crippen LogP contribution in [0.2, 0.25) is 0 Å². The molecule has 1 fully saturated rings. The van der Waals surface area contributed by atoms with E-state index in [2.05, 4.69) is 4.98 Å². The summed E-state index contributed by atoms with van der Waals surface area (Å²) in [5.74, 6) is -0.297. The molecule has 4 rings (SSSR count). The highest BCUT2D eigenvalue weighted by Crippen LogP contribution is 2.22. The zero-order valence-corrected chi connectivity index (χ0v) is 16.5. The predicted octanol–water partition coefficient (Wildman–Crippen LogP) is 2.79. The minimum Gasteiger partial charge on any atom is -0.351 e. The van der Waals surface area contributed by atoms with Crippen LogP contribution in [0, 0.1) is 5.92 Å². The van der Waals surface area contributed by atoms with E-state index in [9.17, 15) is 9.59 Å². The number of para-hydroxylation sites is 1. The van der Waals surface area contributed by atoms with E-state index < -0.39 is 0 Å². The number of carbonyl (C=O) groups excluding carboxylic acids is 2. The van der Waals surface area contributed by atoms with Crippen LogP contribution in [0.4, 0.5) is 0 Å². The van der Waals surface area contributed by atoms with Gasteiger partial charge in [-0.2, -0.15) is 0 Å². The Labute approximate surface area is 170 Å². The van der Waals surface area contributed by atoms with Crippen molar-refractivity contribution in [3.05, 3.63) is 71.9 Å². The van der Waals surface area contributed by atoms with Gasteiger partial charge in [-0.15, -0.1) is 0 Å². The predicted molar refractivity (Wildman–Crippen MR) is 113 cm³/mol. The highest BCUT2D eigenvalue weighted by molar-refractivity contribution is 5.98. The Morgan fingerprint density at radius 2 is 1.55 bits per heavy atom. The maximum atomic E-state index is 12.9. The normalized spacial score (nSPS) is 16.6. The van der Waals surface area contributed by atoms with Gasteiger partial charge in [0.05, 0.1) is 5.92 Å². The van der Waals surface area contributed by atoms with Crippen molar-refractivity contribution in [3.8, 4) is 0 Å². The average molecular weight is 390 g/mol. The molecule has 6 nitrogen and oxygen atoms in total. The summed E-state index contributed by atoms with van der Waals surface area (Å²) in [4.78, 5) is 32.6. The molecule has 3 aromatic rings. The van der Waals surface area contributed by atoms with Crippen LogP contribution < -0.4 is 5.73 Å². The molecule has 1 aliphatic heterocycles. The Balaban J connectivity index is 1.37. The van der Waals surface area contributed by atoms with Crippen LogP contribution in [-0.2, 0) is 4.79 Å². The molecule has 29 heavy (non-hydrogen) atoms. The van der Waals surface area contributed by atoms with Crippen LogP contribution in [0.1, 0.15) is 29.0 Å². The van der Waals surface area contributed by atoms with E-state index in [4.69, 9.17) is 5.73 Å². The number of nitrogens with two attached hydrogens (primary N) is 1. The van der Waals surface area contributed by atoms with Gasteiger partial charge in [-0.1, -0.05) is 55.5 Å². The lowest BCUT2D eigenvalue weighted by molar-refractivity contribution is -0.137. The van der Waals surface area contributed by atoms with Crippen molar-refractivity contribution in [1.82, 2.24) is 14.8 Å². The smallest absolute Gasteiger partial charge is 0.270 e. The van der Waals surface area contributed by atoms with Gasteiger partial charge >= 0.3 is 0 Å². The van der Waals surface area contributed by atoms with Gasteiger partial charge < -0.3 is 20.5 Å². The SMILES string of the molecule is CC(C(=O)N1CCN(C(=O)c2cc3ccccc3[nH]2)CC1)C(N)c1ccccc1. The Bertz CT molecular complexity index is 973. The summed E-state index contributed by atoms with van der Waals surface area (Å²) < 4.78 is 0. The van der Waals surface area contributed by atoms with E-state index >= 15 is 0 Å². The lowest BCUT2D eigenvalue weighted by atomic mass is 9.94. The van der Waals surface area contributed by atoms with E-state index in [-0.39, 0.29) is 23.8 Å². The van der Waals surface area contributed by atoms with E-state index in [1.807, 2.05) is 72.5 Å². The third-order valence-electron chi connectivity index (χ3n) is 5.75. The van der Waals surface area contributed by atoms with Crippen molar-refractivity contribution in [3.63, 3.8) is 0 Å². The van der Waals surface area contributed by atoms with Crippen LogP contribution in [-0.4, -0.2) is 52.8 Å². The van der Waals surface area contributed by atoms with Gasteiger partial charge in [-0.25, -0.2) is 0 Å². The molecule has 2 heterocycles. The van der Waals surface area contributed by atoms with Crippen LogP contribution in [0.5, 0.6) is 0 Å². The van der Waals surface area contributed by atoms with Crippen LogP contribution in [0.15, 0.2) is 60.7 Å². The molecule has 1 aromatic heterocycles. The third kappa shape index (κ3) is 3.89. The summed E-state index contributed by atoms with van der Waals surface area (Å²) in [6.45, 7) is 3.97. The Morgan fingerprint density at radius 3 is 2.24 bits per heavy atom. The summed E-state index contributed by atoms with van der Waals surface area (Å²) in [7, 11) is 0. The second-order valence-corrected chi connectivity index (χ2v) is 7.61. The second-order valence-electron chi connectivity index (χ2n) is 7.61. The fraction of sp³-hybridized carbons (Fsp3) is 0.304. The van der Waals surface area contributed by atoms with E-state index in [1.165, 1.54) is 0 Å². The first-order valence-corrected chi connectivity index (χ1v) is 10.0. The number of carbonyl (C=O) groups is 2. The molecule has 0 aliphatic carbocycles. The molecule has 2 amide bonds. The quantitative estimate of drug-likeness (QED) is 0.719. The van der Waals surface area contributed by atoms with Crippen molar-refractivity contribution in [2.45, 2.75) is 13.0 Å². The minimum atomic E-state index is -0.338. The number of nitrogens with one attached hydrogen (secondary N) is 1. The summed E-state index contributed by atoms with van der Waals surface area (Å²) in [5, 5.41) is 1.02. The third-order valence-corrected chi connectivity index (χ3v) is 5.75. The average Bonchev–Trinajstić information content (AvgIpc) is 3.22. The number of aromatic nitrogens is 1. The molecule has 3 N–H and O–H groups in total. The highest BCUT2D eigenvalue weighted by Gasteiger charge is 2.30. The zero-order chi connectivity index (χ0) is 20.4. The number of benzene rings is 2. The number of rotatable bonds is 4. The van der Waals surface area contributed by atoms with Crippen LogP contribution in [0.25, 0.3) is 10.9 Å². The number of aromatic amines is 1. The van der Waals surface area contributed by atoms with Crippen molar-refractivity contribution >= 4 is 22.7 Å². The van der Waals surface area contributed by atoms with E-state index in [0.717, 1.165) is 16.5 Å². The maximum Gasteiger partial charge on any atom is 0.270 e. The number of hydrogen-bond donors (Lipinski definition) is 2. The fourth-order valence-corrected chi connectivity index (χ4v) is 3.89. The number of H-pyrrole nitrogens is 1. The Kier molecular flexibility index (Phi) is 5.36. The summed E-state index contributed by atoms with van der Waals surface area (Å²) in [6.07, 6.45) is 0. The molecule has 0 radical (unpaired) electrons. The number of nitrogens with zero attached hydrogens (tertiary/aromatic N) is 2. The highest BCUT2D eigenvalue weighted by atomic mass is 16.2. The molecule has 6 heteroatoms. The lowest BCUT2D eigenvalue weighted by Crippen LogP contribution is -2.52. The molecule has 0 bridgehead atoms. The van der Waals surface area contributed by atoms with E-state index in [1.54, 1.807) is 4.90 Å². The first-order chi connectivity index (χ1) is 14.0. The Hall–Kier alpha value is -3.12. The second kappa shape index (κ2) is 8.09. The number of fused-ring (bicyclic) bond motifs is 1. The van der Waals surface area contributed by atoms with Gasteiger partial charge in [0.15, 0.2) is 0 Å². The molecular formula is C23H26N4O2. The minimum absolute atomic E-state index is 0.0256. The molecular weight excluding hydrogens is 364 g/mol. The number of piperazine rings is 1. The number of hydrogen-bond acceptors (Lipinski definition) is 3. The van der Waals surface area contributed by atoms with Gasteiger partial charge in [0.2, 0.25) is 5.91 Å². The van der Waals surface area contributed by atoms with Crippen molar-refractivity contribution in [2.75, 3.05) is 26.2 Å². The molecule has 0 saturated carbocycles. The molecule has 1 aliphatic rings. The standard InChI is InChI=1S/C23H26N4O2/c1-16(21(24)17-7-3-2-4-8-17)22(28)26-11-13-27(14-12-26)23(29)20-15-18-9-5-6-10-19(18)25-20/h2-10,15-16,21,25H,11-14,24H2,1H3. The monoisotopic (exact) mass is 390 g/mol. The van der Waals surface area contributed by atoms with Gasteiger partial charge in [-0.3, -0.25) is 9.59 Å². The van der Waals surface area contributed by atoms with Crippen molar-refractivity contribution in [2.24, 2.45) is 11.7 Å². The lowest BCUT2D eigenvalue weighted by Gasteiger charge is -2.36. The molecule has 2 unspecified atom stereocenters. The van der Waals surface area contributed by atoms with Gasteiger partial charge in [0.25, 0.3) is 5.91 Å². The van der Waals surface area contributed by atoms with E-state index in [0.29, 0.717) is 31.9 Å². The zero-order valence-electron chi connectivity index (χ0n) is 16.5. The summed E-state index contributed by atoms with van der Waals surface area (Å²) in [5.41, 5.74) is 8.82. The van der Waals surface area contributed by atoms with Gasteiger partial charge in [0.1, 0.15) is 5.69 Å². The Morgan fingerprint density at radius 1 is 0.931 bits per heavy atom. The molecule has 2 aromatic carbocycles. The topological polar surface area (TPSA) is 82.4 Å². The number of amides is 2. The van der Waals surface area contributed by atoms with Crippen molar-refractivity contribution < 1.29 is 9.59 Å². The van der Waals surface area contributed by atoms with Crippen molar-refractivity contribution in [1.29, 1.82) is 0 Å². The largest absolute Gasteiger partial charge is 0.351 e. The summed E-state index contributed by atoms with van der Waals surface area (Å²) in [6, 6.07) is 19.1. The first-order valence-electron chi connectivity index (χ1n) is 10.0. The van der Waals surface area contributed by atoms with Crippen LogP contribution in [0.3, 0.4) is 0 Å². The summed E-state index contributed by atoms with van der Waals surface area (Å²) >= 11 is 0. The molecule has 2 atom stereocenters. The molecule has 150 valence electrons. The fourth-order valence-electron chi connectivity index (χ4n) is 3.89. The molecule has 1 saturated heterocycles. The maximum absolute atomic E-state index is 12.9. The van der Waals surface area contributed by atoms with Crippen LogP contribution >= 0.6 is 0 Å². The first kappa shape index (κ1) is 19.2. The van der Waals surface area contributed by atoms with Gasteiger partial charge in [-0.05, 0) is 17.7 Å². The molecule has 0 spiro atoms. The van der Waals surface area contributed by atoms with Gasteiger partial charge in [0, 0.05) is 43.1 Å².